The van der Waals surface area contributed by atoms with Crippen LogP contribution in [-0.4, -0.2) is 48.8 Å². The zero-order valence-corrected chi connectivity index (χ0v) is 14.7. The lowest BCUT2D eigenvalue weighted by Crippen LogP contribution is -2.36. The number of hydrogen-bond acceptors (Lipinski definition) is 4. The normalized spacial score (nSPS) is 19.4. The van der Waals surface area contributed by atoms with Crippen molar-refractivity contribution in [3.8, 4) is 0 Å². The first-order chi connectivity index (χ1) is 12.3. The van der Waals surface area contributed by atoms with Crippen LogP contribution in [0.3, 0.4) is 0 Å². The Balaban J connectivity index is 1.45. The number of aromatic nitrogens is 1. The predicted octanol–water partition coefficient (Wildman–Crippen LogP) is 2.78. The third kappa shape index (κ3) is 6.14. The number of hydrogen-bond donors (Lipinski definition) is 2. The average Bonchev–Trinajstić information content (AvgIpc) is 2.90. The first kappa shape index (κ1) is 17.9. The van der Waals surface area contributed by atoms with Gasteiger partial charge in [-0.25, -0.2) is 9.78 Å². The van der Waals surface area contributed by atoms with E-state index in [-0.39, 0.29) is 6.03 Å². The summed E-state index contributed by atoms with van der Waals surface area (Å²) in [5, 5.41) is 5.84. The molecule has 1 aliphatic heterocycles. The number of nitrogens with zero attached hydrogens (tertiary/aromatic N) is 2. The van der Waals surface area contributed by atoms with Crippen LogP contribution in [-0.2, 0) is 11.3 Å². The largest absolute Gasteiger partial charge is 0.379 e. The zero-order valence-electron chi connectivity index (χ0n) is 14.7. The number of carbonyl (C=O) groups is 1. The number of allylic oxidation sites excluding steroid dienone is 2. The van der Waals surface area contributed by atoms with Gasteiger partial charge in [-0.2, -0.15) is 0 Å². The molecule has 1 aliphatic carbocycles. The van der Waals surface area contributed by atoms with Crippen LogP contribution in [0.15, 0.2) is 30.4 Å². The van der Waals surface area contributed by atoms with Gasteiger partial charge in [0, 0.05) is 26.2 Å². The molecule has 0 aromatic carbocycles. The van der Waals surface area contributed by atoms with Gasteiger partial charge >= 0.3 is 6.03 Å². The van der Waals surface area contributed by atoms with E-state index in [9.17, 15) is 4.79 Å². The van der Waals surface area contributed by atoms with Crippen LogP contribution in [0, 0.1) is 5.92 Å². The molecule has 3 rings (SSSR count). The third-order valence-corrected chi connectivity index (χ3v) is 4.74. The quantitative estimate of drug-likeness (QED) is 0.806. The molecule has 0 atom stereocenters. The second kappa shape index (κ2) is 9.53. The number of rotatable bonds is 5. The fourth-order valence-electron chi connectivity index (χ4n) is 3.27. The summed E-state index contributed by atoms with van der Waals surface area (Å²) in [5.41, 5.74) is 0.967. The molecule has 25 heavy (non-hydrogen) atoms. The highest BCUT2D eigenvalue weighted by Crippen LogP contribution is 2.17. The third-order valence-electron chi connectivity index (χ3n) is 4.74. The van der Waals surface area contributed by atoms with Gasteiger partial charge in [0.25, 0.3) is 0 Å². The fraction of sp³-hybridized carbons (Fsp3) is 0.579. The average molecular weight is 344 g/mol. The number of anilines is 1. The van der Waals surface area contributed by atoms with Gasteiger partial charge in [0.15, 0.2) is 0 Å². The van der Waals surface area contributed by atoms with Crippen molar-refractivity contribution >= 4 is 11.8 Å². The Morgan fingerprint density at radius 1 is 1.20 bits per heavy atom. The molecular weight excluding hydrogens is 316 g/mol. The van der Waals surface area contributed by atoms with E-state index in [0.717, 1.165) is 70.8 Å². The molecule has 2 aliphatic rings. The summed E-state index contributed by atoms with van der Waals surface area (Å²) in [5.74, 6) is 1.16. The lowest BCUT2D eigenvalue weighted by atomic mass is 10.0. The van der Waals surface area contributed by atoms with Crippen molar-refractivity contribution in [2.24, 2.45) is 5.92 Å². The Morgan fingerprint density at radius 2 is 1.96 bits per heavy atom. The highest BCUT2D eigenvalue weighted by atomic mass is 16.5. The summed E-state index contributed by atoms with van der Waals surface area (Å²) >= 11 is 0. The van der Waals surface area contributed by atoms with Crippen molar-refractivity contribution < 1.29 is 9.53 Å². The molecule has 2 heterocycles. The van der Waals surface area contributed by atoms with Crippen molar-refractivity contribution in [3.05, 3.63) is 36.0 Å². The van der Waals surface area contributed by atoms with E-state index < -0.39 is 0 Å². The molecule has 6 heteroatoms. The summed E-state index contributed by atoms with van der Waals surface area (Å²) < 4.78 is 5.37. The molecule has 0 spiro atoms. The highest BCUT2D eigenvalue weighted by molar-refractivity contribution is 5.88. The van der Waals surface area contributed by atoms with Gasteiger partial charge in [0.05, 0.1) is 18.9 Å². The fourth-order valence-corrected chi connectivity index (χ4v) is 3.27. The summed E-state index contributed by atoms with van der Waals surface area (Å²) in [4.78, 5) is 19.0. The van der Waals surface area contributed by atoms with Crippen molar-refractivity contribution in [2.75, 3.05) is 38.2 Å². The monoisotopic (exact) mass is 344 g/mol. The van der Waals surface area contributed by atoms with Crippen LogP contribution in [0.4, 0.5) is 10.6 Å². The maximum Gasteiger partial charge on any atom is 0.320 e. The molecule has 1 aromatic heterocycles. The molecule has 1 fully saturated rings. The number of amides is 2. The van der Waals surface area contributed by atoms with Gasteiger partial charge < -0.3 is 10.1 Å². The number of nitrogens with one attached hydrogen (secondary N) is 2. The molecule has 0 saturated carbocycles. The maximum atomic E-state index is 12.1. The van der Waals surface area contributed by atoms with Crippen molar-refractivity contribution in [3.63, 3.8) is 0 Å². The number of carbonyl (C=O) groups excluding carboxylic acids is 1. The second-order valence-electron chi connectivity index (χ2n) is 6.73. The van der Waals surface area contributed by atoms with Crippen LogP contribution >= 0.6 is 0 Å². The van der Waals surface area contributed by atoms with Crippen LogP contribution in [0.25, 0.3) is 0 Å². The van der Waals surface area contributed by atoms with Crippen molar-refractivity contribution in [2.45, 2.75) is 32.2 Å². The van der Waals surface area contributed by atoms with E-state index in [1.165, 1.54) is 0 Å². The first-order valence-corrected chi connectivity index (χ1v) is 9.25. The Hall–Kier alpha value is -1.92. The summed E-state index contributed by atoms with van der Waals surface area (Å²) in [7, 11) is 0. The minimum atomic E-state index is -0.173. The van der Waals surface area contributed by atoms with Gasteiger partial charge in [-0.3, -0.25) is 10.2 Å². The smallest absolute Gasteiger partial charge is 0.320 e. The van der Waals surface area contributed by atoms with E-state index >= 15 is 0 Å². The van der Waals surface area contributed by atoms with Gasteiger partial charge in [0.2, 0.25) is 0 Å². The van der Waals surface area contributed by atoms with Crippen molar-refractivity contribution in [1.29, 1.82) is 0 Å². The predicted molar refractivity (Wildman–Crippen MR) is 98.5 cm³/mol. The summed E-state index contributed by atoms with van der Waals surface area (Å²) in [6.07, 6.45) is 8.99. The Labute approximate surface area is 149 Å². The Kier molecular flexibility index (Phi) is 6.82. The lowest BCUT2D eigenvalue weighted by Gasteiger charge is -2.26. The maximum absolute atomic E-state index is 12.1. The lowest BCUT2D eigenvalue weighted by molar-refractivity contribution is 0.0337. The number of ether oxygens (including phenoxy) is 1. The molecule has 2 N–H and O–H groups in total. The Bertz CT molecular complexity index is 575. The van der Waals surface area contributed by atoms with Crippen LogP contribution in [0.2, 0.25) is 0 Å². The van der Waals surface area contributed by atoms with E-state index in [1.807, 2.05) is 18.2 Å². The highest BCUT2D eigenvalue weighted by Gasteiger charge is 2.13. The van der Waals surface area contributed by atoms with Crippen LogP contribution in [0.5, 0.6) is 0 Å². The summed E-state index contributed by atoms with van der Waals surface area (Å²) in [6.45, 7) is 4.91. The number of urea groups is 1. The van der Waals surface area contributed by atoms with Gasteiger partial charge in [0.1, 0.15) is 5.82 Å². The van der Waals surface area contributed by atoms with Crippen molar-refractivity contribution in [1.82, 2.24) is 15.2 Å². The van der Waals surface area contributed by atoms with E-state index in [2.05, 4.69) is 32.7 Å². The molecular formula is C19H28N4O2. The molecule has 6 nitrogen and oxygen atoms in total. The summed E-state index contributed by atoms with van der Waals surface area (Å²) in [6, 6.07) is 5.60. The van der Waals surface area contributed by atoms with Gasteiger partial charge in [-0.15, -0.1) is 0 Å². The zero-order chi connectivity index (χ0) is 17.3. The van der Waals surface area contributed by atoms with E-state index in [1.54, 1.807) is 0 Å². The Morgan fingerprint density at radius 3 is 2.72 bits per heavy atom. The first-order valence-electron chi connectivity index (χ1n) is 9.25. The standard InChI is InChI=1S/C19H28N4O2/c24-19(20-14-16-6-3-1-2-4-7-16)22-18-9-5-8-17(21-18)15-23-10-12-25-13-11-23/h1-2,5,8-9,16H,3-4,6-7,10-15H2,(H2,20,21,22,24). The van der Waals surface area contributed by atoms with Gasteiger partial charge in [-0.05, 0) is 43.7 Å². The minimum absolute atomic E-state index is 0.173. The van der Waals surface area contributed by atoms with Crippen LogP contribution < -0.4 is 10.6 Å². The molecule has 1 aromatic rings. The second-order valence-corrected chi connectivity index (χ2v) is 6.73. The molecule has 0 radical (unpaired) electrons. The van der Waals surface area contributed by atoms with E-state index in [4.69, 9.17) is 4.74 Å². The molecule has 2 amide bonds. The number of morpholine rings is 1. The number of pyridine rings is 1. The van der Waals surface area contributed by atoms with Crippen LogP contribution in [0.1, 0.15) is 31.4 Å². The molecule has 136 valence electrons. The SMILES string of the molecule is O=C(NCC1CCC=CCC1)Nc1cccc(CN2CCOCC2)n1. The van der Waals surface area contributed by atoms with E-state index in [0.29, 0.717) is 11.7 Å². The molecule has 0 bridgehead atoms. The topological polar surface area (TPSA) is 66.5 Å². The minimum Gasteiger partial charge on any atom is -0.379 e. The molecule has 1 saturated heterocycles. The molecule has 0 unspecified atom stereocenters. The van der Waals surface area contributed by atoms with Gasteiger partial charge in [-0.1, -0.05) is 18.2 Å².